The Morgan fingerprint density at radius 2 is 1.64 bits per heavy atom. The minimum Gasteiger partial charge on any atom is -0.326 e. The summed E-state index contributed by atoms with van der Waals surface area (Å²) in [6, 6.07) is 11.3. The maximum absolute atomic E-state index is 12.0. The van der Waals surface area contributed by atoms with Crippen molar-refractivity contribution in [2.45, 2.75) is 13.3 Å². The zero-order chi connectivity index (χ0) is 18.4. The van der Waals surface area contributed by atoms with E-state index in [2.05, 4.69) is 15.8 Å². The quantitative estimate of drug-likeness (QED) is 0.562. The van der Waals surface area contributed by atoms with E-state index in [1.165, 1.54) is 12.1 Å². The van der Waals surface area contributed by atoms with Crippen molar-refractivity contribution < 1.29 is 9.59 Å². The second-order valence-electron chi connectivity index (χ2n) is 5.14. The van der Waals surface area contributed by atoms with Gasteiger partial charge in [-0.15, -0.1) is 0 Å². The Bertz CT molecular complexity index is 820. The first-order valence-electron chi connectivity index (χ1n) is 7.19. The molecule has 0 heterocycles. The molecule has 25 heavy (non-hydrogen) atoms. The molecule has 2 aromatic rings. The van der Waals surface area contributed by atoms with Crippen molar-refractivity contribution in [2.75, 3.05) is 5.32 Å². The van der Waals surface area contributed by atoms with Crippen LogP contribution in [-0.2, 0) is 4.79 Å². The van der Waals surface area contributed by atoms with Crippen molar-refractivity contribution in [1.82, 2.24) is 5.43 Å². The summed E-state index contributed by atoms with van der Waals surface area (Å²) in [4.78, 5) is 24.0. The third-order valence-electron chi connectivity index (χ3n) is 3.07. The number of amides is 2. The molecule has 0 aliphatic rings. The highest BCUT2D eigenvalue weighted by Gasteiger charge is 2.11. The molecule has 0 spiro atoms. The molecule has 0 fully saturated rings. The SMILES string of the molecule is C/C(CC(=O)Nc1ccc(Cl)cc1)=N\NC(=O)c1ccc(Cl)cc1Cl. The normalized spacial score (nSPS) is 11.1. The van der Waals surface area contributed by atoms with Gasteiger partial charge < -0.3 is 5.32 Å². The third kappa shape index (κ3) is 6.05. The molecule has 0 saturated heterocycles. The molecule has 0 unspecified atom stereocenters. The van der Waals surface area contributed by atoms with E-state index < -0.39 is 5.91 Å². The predicted octanol–water partition coefficient (Wildman–Crippen LogP) is 4.78. The van der Waals surface area contributed by atoms with E-state index >= 15 is 0 Å². The Morgan fingerprint density at radius 3 is 2.28 bits per heavy atom. The van der Waals surface area contributed by atoms with E-state index in [1.807, 2.05) is 0 Å². The summed E-state index contributed by atoms with van der Waals surface area (Å²) in [5.41, 5.74) is 3.66. The molecule has 0 aromatic heterocycles. The van der Waals surface area contributed by atoms with Gasteiger partial charge in [-0.05, 0) is 49.4 Å². The zero-order valence-electron chi connectivity index (χ0n) is 13.1. The number of halogens is 3. The smallest absolute Gasteiger partial charge is 0.272 e. The minimum atomic E-state index is -0.487. The van der Waals surface area contributed by atoms with Gasteiger partial charge in [0.05, 0.1) is 17.0 Å². The average Bonchev–Trinajstić information content (AvgIpc) is 2.54. The number of hydrazone groups is 1. The summed E-state index contributed by atoms with van der Waals surface area (Å²) in [5.74, 6) is -0.749. The van der Waals surface area contributed by atoms with Crippen LogP contribution in [0.2, 0.25) is 15.1 Å². The minimum absolute atomic E-state index is 0.0251. The monoisotopic (exact) mass is 397 g/mol. The zero-order valence-corrected chi connectivity index (χ0v) is 15.4. The fraction of sp³-hybridized carbons (Fsp3) is 0.118. The number of carbonyl (C=O) groups is 2. The van der Waals surface area contributed by atoms with E-state index in [0.717, 1.165) is 0 Å². The molecular formula is C17H14Cl3N3O2. The molecule has 2 N–H and O–H groups in total. The molecule has 2 amide bonds. The van der Waals surface area contributed by atoms with Gasteiger partial charge in [-0.25, -0.2) is 5.43 Å². The molecule has 0 saturated carbocycles. The molecule has 2 aromatic carbocycles. The molecule has 0 aliphatic carbocycles. The Kier molecular flexibility index (Phi) is 6.82. The Balaban J connectivity index is 1.91. The van der Waals surface area contributed by atoms with Gasteiger partial charge in [0.2, 0.25) is 5.91 Å². The lowest BCUT2D eigenvalue weighted by Gasteiger charge is -2.06. The molecule has 5 nitrogen and oxygen atoms in total. The van der Waals surface area contributed by atoms with Crippen molar-refractivity contribution in [3.8, 4) is 0 Å². The largest absolute Gasteiger partial charge is 0.326 e. The highest BCUT2D eigenvalue weighted by Crippen LogP contribution is 2.20. The molecule has 0 aliphatic heterocycles. The van der Waals surface area contributed by atoms with Crippen LogP contribution in [0.5, 0.6) is 0 Å². The highest BCUT2D eigenvalue weighted by molar-refractivity contribution is 6.36. The van der Waals surface area contributed by atoms with Crippen molar-refractivity contribution in [3.63, 3.8) is 0 Å². The Morgan fingerprint density at radius 1 is 1.00 bits per heavy atom. The molecule has 8 heteroatoms. The van der Waals surface area contributed by atoms with Crippen LogP contribution in [0.4, 0.5) is 5.69 Å². The number of nitrogens with one attached hydrogen (secondary N) is 2. The van der Waals surface area contributed by atoms with Crippen LogP contribution in [0.25, 0.3) is 0 Å². The molecule has 130 valence electrons. The van der Waals surface area contributed by atoms with Crippen molar-refractivity contribution in [2.24, 2.45) is 5.10 Å². The van der Waals surface area contributed by atoms with Gasteiger partial charge in [0.1, 0.15) is 0 Å². The first-order chi connectivity index (χ1) is 11.8. The van der Waals surface area contributed by atoms with Gasteiger partial charge >= 0.3 is 0 Å². The number of rotatable bonds is 5. The van der Waals surface area contributed by atoms with Crippen LogP contribution in [0.15, 0.2) is 47.6 Å². The van der Waals surface area contributed by atoms with Crippen LogP contribution >= 0.6 is 34.8 Å². The third-order valence-corrected chi connectivity index (χ3v) is 3.87. The van der Waals surface area contributed by atoms with Crippen LogP contribution < -0.4 is 10.7 Å². The topological polar surface area (TPSA) is 70.6 Å². The lowest BCUT2D eigenvalue weighted by Crippen LogP contribution is -2.21. The van der Waals surface area contributed by atoms with E-state index in [9.17, 15) is 9.59 Å². The van der Waals surface area contributed by atoms with Gasteiger partial charge in [0.25, 0.3) is 5.91 Å². The standard InChI is InChI=1S/C17H14Cl3N3O2/c1-10(8-16(24)21-13-5-2-11(18)3-6-13)22-23-17(25)14-7-4-12(19)9-15(14)20/h2-7,9H,8H2,1H3,(H,21,24)(H,23,25)/b22-10+. The lowest BCUT2D eigenvalue weighted by molar-refractivity contribution is -0.115. The van der Waals surface area contributed by atoms with Gasteiger partial charge in [0.15, 0.2) is 0 Å². The maximum Gasteiger partial charge on any atom is 0.272 e. The van der Waals surface area contributed by atoms with Crippen LogP contribution in [0, 0.1) is 0 Å². The fourth-order valence-corrected chi connectivity index (χ4v) is 2.51. The van der Waals surface area contributed by atoms with Gasteiger partial charge in [0, 0.05) is 21.4 Å². The summed E-state index contributed by atoms with van der Waals surface area (Å²) in [5, 5.41) is 7.85. The number of hydrogen-bond acceptors (Lipinski definition) is 3. The summed E-state index contributed by atoms with van der Waals surface area (Å²) in [6.07, 6.45) is 0.0251. The number of hydrogen-bond donors (Lipinski definition) is 2. The molecule has 0 atom stereocenters. The predicted molar refractivity (Wildman–Crippen MR) is 102 cm³/mol. The Hall–Kier alpha value is -2.08. The van der Waals surface area contributed by atoms with Crippen molar-refractivity contribution in [3.05, 3.63) is 63.1 Å². The van der Waals surface area contributed by atoms with E-state index in [1.54, 1.807) is 37.3 Å². The molecule has 0 radical (unpaired) electrons. The number of benzene rings is 2. The summed E-state index contributed by atoms with van der Waals surface area (Å²) >= 11 is 17.5. The van der Waals surface area contributed by atoms with Crippen LogP contribution in [0.3, 0.4) is 0 Å². The molecule has 2 rings (SSSR count). The van der Waals surface area contributed by atoms with E-state index in [0.29, 0.717) is 21.4 Å². The summed E-state index contributed by atoms with van der Waals surface area (Å²) in [7, 11) is 0. The highest BCUT2D eigenvalue weighted by atomic mass is 35.5. The number of nitrogens with zero attached hydrogens (tertiary/aromatic N) is 1. The van der Waals surface area contributed by atoms with Crippen molar-refractivity contribution >= 4 is 58.0 Å². The Labute approximate surface area is 160 Å². The van der Waals surface area contributed by atoms with Gasteiger partial charge in [-0.1, -0.05) is 34.8 Å². The van der Waals surface area contributed by atoms with Crippen molar-refractivity contribution in [1.29, 1.82) is 0 Å². The lowest BCUT2D eigenvalue weighted by atomic mass is 10.2. The number of carbonyl (C=O) groups excluding carboxylic acids is 2. The van der Waals surface area contributed by atoms with Crippen LogP contribution in [0.1, 0.15) is 23.7 Å². The van der Waals surface area contributed by atoms with Gasteiger partial charge in [-0.3, -0.25) is 9.59 Å². The summed E-state index contributed by atoms with van der Waals surface area (Å²) in [6.45, 7) is 1.63. The second kappa shape index (κ2) is 8.85. The first kappa shape index (κ1) is 19.2. The maximum atomic E-state index is 12.0. The van der Waals surface area contributed by atoms with E-state index in [-0.39, 0.29) is 22.9 Å². The molecule has 0 bridgehead atoms. The first-order valence-corrected chi connectivity index (χ1v) is 8.32. The second-order valence-corrected chi connectivity index (χ2v) is 6.42. The average molecular weight is 399 g/mol. The summed E-state index contributed by atoms with van der Waals surface area (Å²) < 4.78 is 0. The van der Waals surface area contributed by atoms with E-state index in [4.69, 9.17) is 34.8 Å². The van der Waals surface area contributed by atoms with Gasteiger partial charge in [-0.2, -0.15) is 5.10 Å². The van der Waals surface area contributed by atoms with Crippen LogP contribution in [-0.4, -0.2) is 17.5 Å². The fourth-order valence-electron chi connectivity index (χ4n) is 1.89. The molecular weight excluding hydrogens is 385 g/mol. The number of anilines is 1.